The second-order valence-corrected chi connectivity index (χ2v) is 11.1. The van der Waals surface area contributed by atoms with Crippen LogP contribution >= 0.6 is 0 Å². The van der Waals surface area contributed by atoms with Crippen molar-refractivity contribution in [1.82, 2.24) is 4.90 Å². The lowest BCUT2D eigenvalue weighted by Gasteiger charge is -2.35. The Labute approximate surface area is 201 Å². The van der Waals surface area contributed by atoms with Crippen molar-refractivity contribution < 1.29 is 18.8 Å². The predicted molar refractivity (Wildman–Crippen MR) is 132 cm³/mol. The number of carbonyl (C=O) groups excluding carboxylic acids is 1. The van der Waals surface area contributed by atoms with Crippen molar-refractivity contribution in [3.05, 3.63) is 47.3 Å². The molecule has 0 bridgehead atoms. The molecule has 1 aromatic carbocycles. The normalized spacial score (nSPS) is 27.2. The predicted octanol–water partition coefficient (Wildman–Crippen LogP) is 3.68. The molecule has 1 saturated carbocycles. The van der Waals surface area contributed by atoms with Gasteiger partial charge in [-0.05, 0) is 70.0 Å². The lowest BCUT2D eigenvalue weighted by molar-refractivity contribution is -0.482. The van der Waals surface area contributed by atoms with Crippen LogP contribution in [0.3, 0.4) is 0 Å². The topological polar surface area (TPSA) is 66.5 Å². The summed E-state index contributed by atoms with van der Waals surface area (Å²) in [7, 11) is -0.545. The second-order valence-electron chi connectivity index (χ2n) is 11.1. The maximum absolute atomic E-state index is 13.7. The highest BCUT2D eigenvalue weighted by Gasteiger charge is 2.55. The average Bonchev–Trinajstić information content (AvgIpc) is 3.50. The number of hydrazone groups is 1. The number of hydrogen-bond donors (Lipinski definition) is 0. The van der Waals surface area contributed by atoms with Gasteiger partial charge in [0, 0.05) is 12.5 Å². The fourth-order valence-electron chi connectivity index (χ4n) is 5.26. The van der Waals surface area contributed by atoms with Crippen molar-refractivity contribution in [2.75, 3.05) is 6.54 Å². The van der Waals surface area contributed by atoms with Gasteiger partial charge in [0.2, 0.25) is 5.71 Å². The second kappa shape index (κ2) is 7.46. The molecular formula is C26H32BN4O3+. The molecule has 0 N–H and O–H groups in total. The molecule has 0 spiro atoms. The zero-order valence-corrected chi connectivity index (χ0v) is 20.7. The van der Waals surface area contributed by atoms with Crippen molar-refractivity contribution >= 4 is 30.1 Å². The summed E-state index contributed by atoms with van der Waals surface area (Å²) in [6.45, 7) is 11.0. The molecule has 7 nitrogen and oxygen atoms in total. The number of allylic oxidation sites excluding steroid dienone is 1. The molecule has 1 atom stereocenters. The summed E-state index contributed by atoms with van der Waals surface area (Å²) < 4.78 is 14.4. The highest BCUT2D eigenvalue weighted by molar-refractivity contribution is 6.84. The van der Waals surface area contributed by atoms with E-state index in [2.05, 4.69) is 31.2 Å². The minimum Gasteiger partial charge on any atom is -0.398 e. The van der Waals surface area contributed by atoms with Gasteiger partial charge in [-0.15, -0.1) is 4.68 Å². The van der Waals surface area contributed by atoms with Crippen LogP contribution in [0.25, 0.3) is 0 Å². The summed E-state index contributed by atoms with van der Waals surface area (Å²) in [6.07, 6.45) is 5.62. The molecule has 5 aliphatic rings. The van der Waals surface area contributed by atoms with E-state index in [-0.39, 0.29) is 11.9 Å². The van der Waals surface area contributed by atoms with Gasteiger partial charge in [0.15, 0.2) is 0 Å². The van der Waals surface area contributed by atoms with Gasteiger partial charge in [0.1, 0.15) is 11.3 Å². The van der Waals surface area contributed by atoms with E-state index in [0.717, 1.165) is 19.3 Å². The van der Waals surface area contributed by atoms with E-state index in [4.69, 9.17) is 19.4 Å². The maximum atomic E-state index is 13.7. The van der Waals surface area contributed by atoms with E-state index >= 15 is 0 Å². The van der Waals surface area contributed by atoms with E-state index < -0.39 is 18.3 Å². The Morgan fingerprint density at radius 3 is 2.56 bits per heavy atom. The molecule has 0 aromatic heterocycles. The molecule has 2 fully saturated rings. The van der Waals surface area contributed by atoms with Gasteiger partial charge in [-0.2, -0.15) is 0 Å². The standard InChI is InChI=1S/C26H32BN4O3/c1-16-19-9-7-6-8-17(19)12-13-30(16)24(32)20-14-21(18-10-11-18)31-23(28-20)15-22(29-31)27-33-25(2,3)26(4,5)34-27/h6-9,15-16,18H,10-14H2,1-5H3/q+1/t16-/m1/s1. The molecule has 0 unspecified atom stereocenters. The quantitative estimate of drug-likeness (QED) is 0.512. The number of nitrogens with zero attached hydrogens (tertiary/aromatic N) is 4. The van der Waals surface area contributed by atoms with E-state index in [0.29, 0.717) is 36.0 Å². The van der Waals surface area contributed by atoms with Crippen LogP contribution < -0.4 is 0 Å². The third-order valence-corrected chi connectivity index (χ3v) is 8.23. The van der Waals surface area contributed by atoms with Gasteiger partial charge >= 0.3 is 12.9 Å². The van der Waals surface area contributed by atoms with Gasteiger partial charge in [0.25, 0.3) is 5.91 Å². The first-order valence-corrected chi connectivity index (χ1v) is 12.4. The van der Waals surface area contributed by atoms with Crippen LogP contribution in [0.15, 0.2) is 46.3 Å². The van der Waals surface area contributed by atoms with Crippen molar-refractivity contribution in [2.45, 2.75) is 77.5 Å². The first-order chi connectivity index (χ1) is 16.1. The Bertz CT molecular complexity index is 1190. The molecule has 0 radical (unpaired) electrons. The lowest BCUT2D eigenvalue weighted by Crippen LogP contribution is -2.44. The van der Waals surface area contributed by atoms with Crippen molar-refractivity contribution in [1.29, 1.82) is 0 Å². The Morgan fingerprint density at radius 2 is 1.85 bits per heavy atom. The summed E-state index contributed by atoms with van der Waals surface area (Å²) in [6, 6.07) is 8.47. The SMILES string of the molecule is C[C@@H]1c2ccccc2CCN1C(=O)C1=NC2=CC(B3OC(C)(C)C(C)(C)O3)=N[N+]2=C(C2CC2)C1. The molecule has 6 rings (SSSR count). The number of rotatable bonds is 3. The van der Waals surface area contributed by atoms with E-state index in [1.165, 1.54) is 16.8 Å². The number of carbonyl (C=O) groups is 1. The molecule has 1 saturated heterocycles. The maximum Gasteiger partial charge on any atom is 0.518 e. The van der Waals surface area contributed by atoms with Crippen molar-refractivity contribution in [2.24, 2.45) is 16.0 Å². The zero-order chi connectivity index (χ0) is 23.8. The van der Waals surface area contributed by atoms with Crippen LogP contribution in [-0.4, -0.2) is 57.4 Å². The number of fused-ring (bicyclic) bond motifs is 2. The third kappa shape index (κ3) is 3.42. The fourth-order valence-corrected chi connectivity index (χ4v) is 5.26. The zero-order valence-electron chi connectivity index (χ0n) is 20.7. The summed E-state index contributed by atoms with van der Waals surface area (Å²) in [5.41, 5.74) is 4.19. The van der Waals surface area contributed by atoms with Gasteiger partial charge < -0.3 is 14.2 Å². The Morgan fingerprint density at radius 1 is 1.15 bits per heavy atom. The molecular weight excluding hydrogens is 427 g/mol. The van der Waals surface area contributed by atoms with Crippen molar-refractivity contribution in [3.8, 4) is 0 Å². The van der Waals surface area contributed by atoms with Gasteiger partial charge in [-0.3, -0.25) is 4.79 Å². The minimum atomic E-state index is -0.545. The summed E-state index contributed by atoms with van der Waals surface area (Å²) in [5.74, 6) is 1.19. The summed E-state index contributed by atoms with van der Waals surface area (Å²) in [5, 5.41) is 4.86. The number of hydrogen-bond acceptors (Lipinski definition) is 5. The highest BCUT2D eigenvalue weighted by atomic mass is 16.7. The first kappa shape index (κ1) is 21.9. The van der Waals surface area contributed by atoms with Gasteiger partial charge in [-0.1, -0.05) is 29.4 Å². The van der Waals surface area contributed by atoms with E-state index in [1.54, 1.807) is 0 Å². The summed E-state index contributed by atoms with van der Waals surface area (Å²) in [4.78, 5) is 20.5. The lowest BCUT2D eigenvalue weighted by atomic mass is 9.82. The van der Waals surface area contributed by atoms with Crippen LogP contribution in [0.5, 0.6) is 0 Å². The number of aliphatic imine (C=N–C) groups is 1. The Hall–Kier alpha value is -2.58. The molecule has 176 valence electrons. The summed E-state index contributed by atoms with van der Waals surface area (Å²) >= 11 is 0. The monoisotopic (exact) mass is 459 g/mol. The molecule has 34 heavy (non-hydrogen) atoms. The number of benzene rings is 1. The van der Waals surface area contributed by atoms with Crippen LogP contribution in [0.1, 0.15) is 71.0 Å². The molecule has 1 amide bonds. The Balaban J connectivity index is 1.30. The largest absolute Gasteiger partial charge is 0.518 e. The fraction of sp³-hybridized carbons (Fsp3) is 0.538. The molecule has 1 aliphatic carbocycles. The van der Waals surface area contributed by atoms with Crippen LogP contribution in [0.4, 0.5) is 0 Å². The van der Waals surface area contributed by atoms with Crippen LogP contribution in [-0.2, 0) is 20.5 Å². The van der Waals surface area contributed by atoms with Crippen LogP contribution in [0.2, 0.25) is 0 Å². The average molecular weight is 459 g/mol. The van der Waals surface area contributed by atoms with Crippen LogP contribution in [0, 0.1) is 5.92 Å². The molecule has 4 aliphatic heterocycles. The molecule has 4 heterocycles. The minimum absolute atomic E-state index is 0.0322. The molecule has 1 aromatic rings. The first-order valence-electron chi connectivity index (χ1n) is 12.4. The number of amides is 1. The van der Waals surface area contributed by atoms with E-state index in [9.17, 15) is 4.79 Å². The van der Waals surface area contributed by atoms with Gasteiger partial charge in [0.05, 0.1) is 29.7 Å². The van der Waals surface area contributed by atoms with Crippen molar-refractivity contribution in [3.63, 3.8) is 0 Å². The third-order valence-electron chi connectivity index (χ3n) is 8.23. The smallest absolute Gasteiger partial charge is 0.398 e. The van der Waals surface area contributed by atoms with E-state index in [1.807, 2.05) is 43.4 Å². The van der Waals surface area contributed by atoms with Gasteiger partial charge in [-0.25, -0.2) is 0 Å². The Kier molecular flexibility index (Phi) is 4.81. The highest BCUT2D eigenvalue weighted by Crippen LogP contribution is 2.39. The molecule has 8 heteroatoms.